The Bertz CT molecular complexity index is 492. The minimum atomic E-state index is 0.140. The van der Waals surface area contributed by atoms with Crippen molar-refractivity contribution in [3.63, 3.8) is 0 Å². The normalized spacial score (nSPS) is 12.2. The van der Waals surface area contributed by atoms with Gasteiger partial charge in [-0.1, -0.05) is 36.4 Å². The highest BCUT2D eigenvalue weighted by Gasteiger charge is 2.12. The van der Waals surface area contributed by atoms with Gasteiger partial charge in [-0.25, -0.2) is 0 Å². The third-order valence-corrected chi connectivity index (χ3v) is 3.24. The molecule has 2 rings (SSSR count). The number of ether oxygens (including phenoxy) is 1. The molecular formula is C16H20N2O. The van der Waals surface area contributed by atoms with Crippen LogP contribution in [0.3, 0.4) is 0 Å². The van der Waals surface area contributed by atoms with Crippen molar-refractivity contribution in [2.24, 2.45) is 5.73 Å². The maximum Gasteiger partial charge on any atom is 0.119 e. The van der Waals surface area contributed by atoms with Crippen molar-refractivity contribution in [1.29, 1.82) is 0 Å². The molecule has 100 valence electrons. The Kier molecular flexibility index (Phi) is 4.55. The van der Waals surface area contributed by atoms with Gasteiger partial charge >= 0.3 is 0 Å². The molecule has 0 aliphatic rings. The van der Waals surface area contributed by atoms with Crippen LogP contribution in [0, 0.1) is 0 Å². The lowest BCUT2D eigenvalue weighted by atomic mass is 9.97. The number of nitrogens with one attached hydrogen (secondary N) is 1. The predicted octanol–water partition coefficient (Wildman–Crippen LogP) is 2.46. The van der Waals surface area contributed by atoms with E-state index < -0.39 is 0 Å². The van der Waals surface area contributed by atoms with Gasteiger partial charge in [0.15, 0.2) is 0 Å². The summed E-state index contributed by atoms with van der Waals surface area (Å²) in [4.78, 5) is 0. The van der Waals surface area contributed by atoms with Gasteiger partial charge in [-0.3, -0.25) is 0 Å². The van der Waals surface area contributed by atoms with Gasteiger partial charge < -0.3 is 15.8 Å². The first-order valence-electron chi connectivity index (χ1n) is 6.38. The SMILES string of the molecule is CNC(c1cccc(CN)c1)c1cccc(OC)c1. The van der Waals surface area contributed by atoms with E-state index in [-0.39, 0.29) is 6.04 Å². The molecule has 0 aromatic heterocycles. The van der Waals surface area contributed by atoms with Crippen molar-refractivity contribution in [3.05, 3.63) is 65.2 Å². The predicted molar refractivity (Wildman–Crippen MR) is 78.2 cm³/mol. The molecule has 0 radical (unpaired) electrons. The Morgan fingerprint density at radius 3 is 2.42 bits per heavy atom. The maximum absolute atomic E-state index is 5.70. The summed E-state index contributed by atoms with van der Waals surface area (Å²) < 4.78 is 5.28. The van der Waals surface area contributed by atoms with Crippen LogP contribution in [0.5, 0.6) is 5.75 Å². The molecule has 2 aromatic carbocycles. The van der Waals surface area contributed by atoms with Crippen molar-refractivity contribution >= 4 is 0 Å². The second kappa shape index (κ2) is 6.36. The van der Waals surface area contributed by atoms with E-state index in [9.17, 15) is 0 Å². The third kappa shape index (κ3) is 3.13. The first-order chi connectivity index (χ1) is 9.28. The minimum Gasteiger partial charge on any atom is -0.497 e. The summed E-state index contributed by atoms with van der Waals surface area (Å²) in [5.41, 5.74) is 9.23. The molecule has 19 heavy (non-hydrogen) atoms. The van der Waals surface area contributed by atoms with Crippen molar-refractivity contribution < 1.29 is 4.74 Å². The summed E-state index contributed by atoms with van der Waals surface area (Å²) in [6.07, 6.45) is 0. The minimum absolute atomic E-state index is 0.140. The number of benzene rings is 2. The van der Waals surface area contributed by atoms with E-state index in [1.54, 1.807) is 7.11 Å². The van der Waals surface area contributed by atoms with Crippen LogP contribution in [-0.4, -0.2) is 14.2 Å². The van der Waals surface area contributed by atoms with Crippen LogP contribution in [0.15, 0.2) is 48.5 Å². The number of methoxy groups -OCH3 is 1. The van der Waals surface area contributed by atoms with Gasteiger partial charge in [0.25, 0.3) is 0 Å². The Balaban J connectivity index is 2.37. The van der Waals surface area contributed by atoms with Gasteiger partial charge in [-0.05, 0) is 35.9 Å². The zero-order chi connectivity index (χ0) is 13.7. The molecule has 1 atom stereocenters. The Hall–Kier alpha value is -1.84. The molecule has 0 aliphatic carbocycles. The fourth-order valence-corrected chi connectivity index (χ4v) is 2.25. The monoisotopic (exact) mass is 256 g/mol. The Morgan fingerprint density at radius 1 is 1.11 bits per heavy atom. The van der Waals surface area contributed by atoms with Gasteiger partial charge in [0.1, 0.15) is 5.75 Å². The lowest BCUT2D eigenvalue weighted by Gasteiger charge is -2.18. The standard InChI is InChI=1S/C16H20N2O/c1-18-16(13-6-3-5-12(9-13)11-17)14-7-4-8-15(10-14)19-2/h3-10,16,18H,11,17H2,1-2H3. The van der Waals surface area contributed by atoms with Crippen LogP contribution in [0.2, 0.25) is 0 Å². The van der Waals surface area contributed by atoms with Crippen molar-refractivity contribution in [2.75, 3.05) is 14.2 Å². The van der Waals surface area contributed by atoms with E-state index in [1.807, 2.05) is 31.3 Å². The number of hydrogen-bond donors (Lipinski definition) is 2. The van der Waals surface area contributed by atoms with E-state index >= 15 is 0 Å². The fourth-order valence-electron chi connectivity index (χ4n) is 2.25. The summed E-state index contributed by atoms with van der Waals surface area (Å²) >= 11 is 0. The molecule has 0 bridgehead atoms. The van der Waals surface area contributed by atoms with Crippen LogP contribution < -0.4 is 15.8 Å². The topological polar surface area (TPSA) is 47.3 Å². The lowest BCUT2D eigenvalue weighted by molar-refractivity contribution is 0.414. The zero-order valence-electron chi connectivity index (χ0n) is 11.4. The summed E-state index contributed by atoms with van der Waals surface area (Å²) in [5.74, 6) is 0.868. The molecule has 0 aliphatic heterocycles. The highest BCUT2D eigenvalue weighted by Crippen LogP contribution is 2.25. The fraction of sp³-hybridized carbons (Fsp3) is 0.250. The molecule has 0 spiro atoms. The smallest absolute Gasteiger partial charge is 0.119 e. The van der Waals surface area contributed by atoms with Crippen molar-refractivity contribution in [1.82, 2.24) is 5.32 Å². The largest absolute Gasteiger partial charge is 0.497 e. The van der Waals surface area contributed by atoms with Gasteiger partial charge in [-0.15, -0.1) is 0 Å². The van der Waals surface area contributed by atoms with E-state index in [0.717, 1.165) is 11.3 Å². The number of rotatable bonds is 5. The molecule has 0 heterocycles. The van der Waals surface area contributed by atoms with Gasteiger partial charge in [-0.2, -0.15) is 0 Å². The number of nitrogens with two attached hydrogens (primary N) is 1. The Morgan fingerprint density at radius 2 is 1.79 bits per heavy atom. The molecule has 0 saturated carbocycles. The lowest BCUT2D eigenvalue weighted by Crippen LogP contribution is -2.18. The molecule has 3 N–H and O–H groups in total. The first-order valence-corrected chi connectivity index (χ1v) is 6.38. The van der Waals surface area contributed by atoms with Crippen LogP contribution >= 0.6 is 0 Å². The van der Waals surface area contributed by atoms with Crippen LogP contribution in [0.4, 0.5) is 0 Å². The second-order valence-electron chi connectivity index (χ2n) is 4.45. The average molecular weight is 256 g/mol. The maximum atomic E-state index is 5.70. The molecule has 0 saturated heterocycles. The highest BCUT2D eigenvalue weighted by atomic mass is 16.5. The second-order valence-corrected chi connectivity index (χ2v) is 4.45. The van der Waals surface area contributed by atoms with Crippen LogP contribution in [0.25, 0.3) is 0 Å². The molecule has 0 amide bonds. The number of hydrogen-bond acceptors (Lipinski definition) is 3. The van der Waals surface area contributed by atoms with Crippen molar-refractivity contribution in [3.8, 4) is 5.75 Å². The molecule has 1 unspecified atom stereocenters. The van der Waals surface area contributed by atoms with Crippen LogP contribution in [0.1, 0.15) is 22.7 Å². The third-order valence-electron chi connectivity index (χ3n) is 3.24. The summed E-state index contributed by atoms with van der Waals surface area (Å²) in [6.45, 7) is 0.558. The van der Waals surface area contributed by atoms with Gasteiger partial charge in [0.2, 0.25) is 0 Å². The first kappa shape index (κ1) is 13.6. The quantitative estimate of drug-likeness (QED) is 0.864. The van der Waals surface area contributed by atoms with Crippen LogP contribution in [-0.2, 0) is 6.54 Å². The van der Waals surface area contributed by atoms with E-state index in [2.05, 4.69) is 29.6 Å². The molecule has 0 fully saturated rings. The Labute approximate surface area is 114 Å². The van der Waals surface area contributed by atoms with E-state index in [0.29, 0.717) is 6.54 Å². The van der Waals surface area contributed by atoms with Gasteiger partial charge in [0, 0.05) is 6.54 Å². The van der Waals surface area contributed by atoms with Gasteiger partial charge in [0.05, 0.1) is 13.2 Å². The molecular weight excluding hydrogens is 236 g/mol. The average Bonchev–Trinajstić information content (AvgIpc) is 2.48. The van der Waals surface area contributed by atoms with Crippen molar-refractivity contribution in [2.45, 2.75) is 12.6 Å². The summed E-state index contributed by atoms with van der Waals surface area (Å²) in [5, 5.41) is 3.34. The highest BCUT2D eigenvalue weighted by molar-refractivity contribution is 5.38. The zero-order valence-corrected chi connectivity index (χ0v) is 11.4. The van der Waals surface area contributed by atoms with E-state index in [4.69, 9.17) is 10.5 Å². The summed E-state index contributed by atoms with van der Waals surface area (Å²) in [7, 11) is 3.64. The molecule has 2 aromatic rings. The van der Waals surface area contributed by atoms with E-state index in [1.165, 1.54) is 11.1 Å². The summed E-state index contributed by atoms with van der Waals surface area (Å²) in [6, 6.07) is 16.6. The molecule has 3 heteroatoms. The molecule has 3 nitrogen and oxygen atoms in total.